The largest absolute Gasteiger partial charge is 0.459 e. The summed E-state index contributed by atoms with van der Waals surface area (Å²) >= 11 is 0. The molecule has 0 unspecified atom stereocenters. The van der Waals surface area contributed by atoms with Crippen LogP contribution in [0.4, 0.5) is 0 Å². The molecule has 0 spiro atoms. The van der Waals surface area contributed by atoms with E-state index in [0.29, 0.717) is 24.1 Å². The normalized spacial score (nSPS) is 28.3. The fourth-order valence-corrected chi connectivity index (χ4v) is 4.64. The first-order chi connectivity index (χ1) is 13.5. The van der Waals surface area contributed by atoms with Gasteiger partial charge in [0, 0.05) is 18.7 Å². The Morgan fingerprint density at radius 2 is 1.54 bits per heavy atom. The lowest BCUT2D eigenvalue weighted by Gasteiger charge is -2.32. The van der Waals surface area contributed by atoms with Gasteiger partial charge in [-0.25, -0.2) is 4.79 Å². The number of esters is 1. The molecule has 0 amide bonds. The maximum absolute atomic E-state index is 12.1. The summed E-state index contributed by atoms with van der Waals surface area (Å²) in [5.41, 5.74) is 0.542. The van der Waals surface area contributed by atoms with Crippen molar-refractivity contribution in [2.75, 3.05) is 27.2 Å². The van der Waals surface area contributed by atoms with Gasteiger partial charge in [0.05, 0.1) is 6.10 Å². The fourth-order valence-electron chi connectivity index (χ4n) is 4.64. The molecule has 28 heavy (non-hydrogen) atoms. The molecule has 2 fully saturated rings. The molecule has 0 aromatic heterocycles. The molecule has 162 valence electrons. The molecular formula is C24H43NO3. The molecule has 0 heterocycles. The summed E-state index contributed by atoms with van der Waals surface area (Å²) < 4.78 is 11.9. The zero-order chi connectivity index (χ0) is 20.4. The summed E-state index contributed by atoms with van der Waals surface area (Å²) in [6.07, 6.45) is 15.4. The Morgan fingerprint density at radius 1 is 0.929 bits per heavy atom. The van der Waals surface area contributed by atoms with Gasteiger partial charge in [-0.05, 0) is 77.3 Å². The molecule has 0 aliphatic heterocycles. The molecule has 0 aromatic rings. The van der Waals surface area contributed by atoms with Crippen LogP contribution < -0.4 is 0 Å². The Morgan fingerprint density at radius 3 is 2.14 bits per heavy atom. The molecule has 2 saturated carbocycles. The SMILES string of the molecule is C=C(CN(C)C)C(=O)OC1CCC(COC2CCC(CCCCC)CC2)CC1. The predicted molar refractivity (Wildman–Crippen MR) is 115 cm³/mol. The van der Waals surface area contributed by atoms with E-state index in [1.165, 1.54) is 51.4 Å². The van der Waals surface area contributed by atoms with Gasteiger partial charge < -0.3 is 14.4 Å². The van der Waals surface area contributed by atoms with Crippen LogP contribution in [0.5, 0.6) is 0 Å². The van der Waals surface area contributed by atoms with E-state index in [1.807, 2.05) is 19.0 Å². The lowest BCUT2D eigenvalue weighted by Crippen LogP contribution is -2.30. The van der Waals surface area contributed by atoms with Gasteiger partial charge in [0.15, 0.2) is 0 Å². The maximum atomic E-state index is 12.1. The first kappa shape index (κ1) is 23.4. The second kappa shape index (κ2) is 12.6. The van der Waals surface area contributed by atoms with Gasteiger partial charge >= 0.3 is 5.97 Å². The Kier molecular flexibility index (Phi) is 10.6. The molecule has 0 N–H and O–H groups in total. The summed E-state index contributed by atoms with van der Waals surface area (Å²) in [4.78, 5) is 14.0. The quantitative estimate of drug-likeness (QED) is 0.269. The topological polar surface area (TPSA) is 38.8 Å². The third kappa shape index (κ3) is 8.65. The molecule has 0 aromatic carbocycles. The van der Waals surface area contributed by atoms with E-state index in [2.05, 4.69) is 13.5 Å². The molecule has 0 radical (unpaired) electrons. The summed E-state index contributed by atoms with van der Waals surface area (Å²) in [6, 6.07) is 0. The zero-order valence-electron chi connectivity index (χ0n) is 18.6. The number of ether oxygens (including phenoxy) is 2. The van der Waals surface area contributed by atoms with Crippen LogP contribution in [0.25, 0.3) is 0 Å². The second-order valence-corrected chi connectivity index (χ2v) is 9.36. The summed E-state index contributed by atoms with van der Waals surface area (Å²) in [5.74, 6) is 1.34. The summed E-state index contributed by atoms with van der Waals surface area (Å²) in [5, 5.41) is 0. The first-order valence-corrected chi connectivity index (χ1v) is 11.6. The Hall–Kier alpha value is -0.870. The van der Waals surface area contributed by atoms with Crippen molar-refractivity contribution in [3.8, 4) is 0 Å². The Labute approximate surface area is 173 Å². The van der Waals surface area contributed by atoms with Gasteiger partial charge in [-0.2, -0.15) is 0 Å². The van der Waals surface area contributed by atoms with E-state index in [0.717, 1.165) is 38.2 Å². The van der Waals surface area contributed by atoms with E-state index in [4.69, 9.17) is 9.47 Å². The van der Waals surface area contributed by atoms with Gasteiger partial charge in [-0.1, -0.05) is 39.2 Å². The average molecular weight is 394 g/mol. The number of hydrogen-bond donors (Lipinski definition) is 0. The van der Waals surface area contributed by atoms with Gasteiger partial charge in [-0.15, -0.1) is 0 Å². The van der Waals surface area contributed by atoms with Crippen LogP contribution >= 0.6 is 0 Å². The zero-order valence-corrected chi connectivity index (χ0v) is 18.6. The summed E-state index contributed by atoms with van der Waals surface area (Å²) in [6.45, 7) is 7.57. The van der Waals surface area contributed by atoms with E-state index >= 15 is 0 Å². The molecule has 2 rings (SSSR count). The average Bonchev–Trinajstić information content (AvgIpc) is 2.68. The van der Waals surface area contributed by atoms with Crippen molar-refractivity contribution < 1.29 is 14.3 Å². The Balaban J connectivity index is 1.56. The third-order valence-electron chi connectivity index (χ3n) is 6.44. The van der Waals surface area contributed by atoms with Gasteiger partial charge in [0.1, 0.15) is 6.10 Å². The van der Waals surface area contributed by atoms with Crippen LogP contribution in [0, 0.1) is 11.8 Å². The van der Waals surface area contributed by atoms with Crippen molar-refractivity contribution in [1.29, 1.82) is 0 Å². The van der Waals surface area contributed by atoms with Crippen molar-refractivity contribution in [1.82, 2.24) is 4.90 Å². The summed E-state index contributed by atoms with van der Waals surface area (Å²) in [7, 11) is 3.87. The standard InChI is InChI=1S/C24H43NO3/c1-5-6-7-8-20-9-13-22(14-10-20)27-18-21-11-15-23(16-12-21)28-24(26)19(2)17-25(3)4/h20-23H,2,5-18H2,1,3-4H3. The minimum absolute atomic E-state index is 0.0567. The van der Waals surface area contributed by atoms with Crippen molar-refractivity contribution >= 4 is 5.97 Å². The van der Waals surface area contributed by atoms with Crippen LogP contribution in [0.3, 0.4) is 0 Å². The van der Waals surface area contributed by atoms with E-state index in [1.54, 1.807) is 0 Å². The molecule has 4 nitrogen and oxygen atoms in total. The van der Waals surface area contributed by atoms with Crippen molar-refractivity contribution in [2.24, 2.45) is 11.8 Å². The number of nitrogens with zero attached hydrogens (tertiary/aromatic N) is 1. The van der Waals surface area contributed by atoms with Crippen LogP contribution in [0.1, 0.15) is 84.0 Å². The highest BCUT2D eigenvalue weighted by Crippen LogP contribution is 2.32. The monoisotopic (exact) mass is 393 g/mol. The number of likely N-dealkylation sites (N-methyl/N-ethyl adjacent to an activating group) is 1. The van der Waals surface area contributed by atoms with Gasteiger partial charge in [-0.3, -0.25) is 0 Å². The Bertz CT molecular complexity index is 460. The molecule has 4 heteroatoms. The minimum Gasteiger partial charge on any atom is -0.459 e. The molecule has 0 bridgehead atoms. The molecule has 0 atom stereocenters. The smallest absolute Gasteiger partial charge is 0.334 e. The number of hydrogen-bond acceptors (Lipinski definition) is 4. The number of unbranched alkanes of at least 4 members (excludes halogenated alkanes) is 2. The minimum atomic E-state index is -0.232. The number of carbonyl (C=O) groups excluding carboxylic acids is 1. The molecule has 2 aliphatic rings. The van der Waals surface area contributed by atoms with Gasteiger partial charge in [0.25, 0.3) is 0 Å². The molecule has 2 aliphatic carbocycles. The van der Waals surface area contributed by atoms with E-state index < -0.39 is 0 Å². The maximum Gasteiger partial charge on any atom is 0.334 e. The number of rotatable bonds is 11. The highest BCUT2D eigenvalue weighted by atomic mass is 16.5. The number of carbonyl (C=O) groups is 1. The van der Waals surface area contributed by atoms with Crippen LogP contribution in [0.2, 0.25) is 0 Å². The predicted octanol–water partition coefficient (Wildman–Crippen LogP) is 5.36. The van der Waals surface area contributed by atoms with Crippen molar-refractivity contribution in [2.45, 2.75) is 96.2 Å². The fraction of sp³-hybridized carbons (Fsp3) is 0.875. The van der Waals surface area contributed by atoms with Crippen molar-refractivity contribution in [3.63, 3.8) is 0 Å². The molecular weight excluding hydrogens is 350 g/mol. The first-order valence-electron chi connectivity index (χ1n) is 11.6. The van der Waals surface area contributed by atoms with Gasteiger partial charge in [0.2, 0.25) is 0 Å². The second-order valence-electron chi connectivity index (χ2n) is 9.36. The van der Waals surface area contributed by atoms with Crippen LogP contribution in [0.15, 0.2) is 12.2 Å². The molecule has 0 saturated heterocycles. The van der Waals surface area contributed by atoms with Crippen molar-refractivity contribution in [3.05, 3.63) is 12.2 Å². The highest BCUT2D eigenvalue weighted by molar-refractivity contribution is 5.88. The highest BCUT2D eigenvalue weighted by Gasteiger charge is 2.27. The van der Waals surface area contributed by atoms with E-state index in [9.17, 15) is 4.79 Å². The van der Waals surface area contributed by atoms with Crippen LogP contribution in [-0.4, -0.2) is 50.3 Å². The lowest BCUT2D eigenvalue weighted by molar-refractivity contribution is -0.146. The van der Waals surface area contributed by atoms with E-state index in [-0.39, 0.29) is 12.1 Å². The third-order valence-corrected chi connectivity index (χ3v) is 6.44. The lowest BCUT2D eigenvalue weighted by atomic mass is 9.84. The van der Waals surface area contributed by atoms with Crippen LogP contribution in [-0.2, 0) is 14.3 Å².